The van der Waals surface area contributed by atoms with Gasteiger partial charge < -0.3 is 10.2 Å². The molecule has 1 saturated heterocycles. The van der Waals surface area contributed by atoms with Crippen LogP contribution in [0.5, 0.6) is 0 Å². The third kappa shape index (κ3) is 7.01. The number of nitrogens with one attached hydrogen (secondary N) is 2. The second kappa shape index (κ2) is 11.1. The van der Waals surface area contributed by atoms with Crippen LogP contribution in [0.1, 0.15) is 29.5 Å². The van der Waals surface area contributed by atoms with E-state index >= 15 is 0 Å². The minimum Gasteiger partial charge on any atom is -0.334 e. The summed E-state index contributed by atoms with van der Waals surface area (Å²) in [7, 11) is -4.19. The van der Waals surface area contributed by atoms with E-state index in [-0.39, 0.29) is 36.9 Å². The number of nitrogens with zero attached hydrogens (tertiary/aromatic N) is 2. The number of hydrogen-bond donors (Lipinski definition) is 2. The number of benzene rings is 2. The first-order valence-electron chi connectivity index (χ1n) is 12.1. The lowest BCUT2D eigenvalue weighted by molar-refractivity contribution is -0.185. The zero-order valence-electron chi connectivity index (χ0n) is 20.1. The number of sulfonamides is 1. The van der Waals surface area contributed by atoms with Gasteiger partial charge in [-0.15, -0.1) is 0 Å². The van der Waals surface area contributed by atoms with Crippen LogP contribution in [0.4, 0.5) is 18.0 Å². The van der Waals surface area contributed by atoms with Gasteiger partial charge in [0.05, 0.1) is 4.90 Å². The summed E-state index contributed by atoms with van der Waals surface area (Å²) >= 11 is 0. The lowest BCUT2D eigenvalue weighted by atomic mass is 10.0. The highest BCUT2D eigenvalue weighted by atomic mass is 32.2. The molecule has 8 nitrogen and oxygen atoms in total. The molecule has 2 aliphatic rings. The molecule has 0 aliphatic carbocycles. The van der Waals surface area contributed by atoms with Gasteiger partial charge >= 0.3 is 18.1 Å². The lowest BCUT2D eigenvalue weighted by Gasteiger charge is -2.32. The number of halogens is 3. The monoisotopic (exact) mass is 538 g/mol. The van der Waals surface area contributed by atoms with E-state index in [9.17, 15) is 31.2 Å². The van der Waals surface area contributed by atoms with Gasteiger partial charge in [-0.25, -0.2) is 17.9 Å². The molecule has 37 heavy (non-hydrogen) atoms. The molecule has 2 aromatic carbocycles. The smallest absolute Gasteiger partial charge is 0.334 e. The first-order chi connectivity index (χ1) is 17.5. The number of likely N-dealkylation sites (tertiary alicyclic amines) is 1. The number of alkyl halides is 3. The molecule has 1 fully saturated rings. The fraction of sp³-hybridized carbons (Fsp3) is 0.440. The van der Waals surface area contributed by atoms with Gasteiger partial charge in [0.25, 0.3) is 10.0 Å². The Kier molecular flexibility index (Phi) is 8.08. The summed E-state index contributed by atoms with van der Waals surface area (Å²) in [6, 6.07) is 13.3. The molecule has 2 aliphatic heterocycles. The fourth-order valence-electron chi connectivity index (χ4n) is 4.72. The molecule has 0 saturated carbocycles. The largest absolute Gasteiger partial charge is 0.471 e. The van der Waals surface area contributed by atoms with Crippen molar-refractivity contribution in [1.82, 2.24) is 19.8 Å². The zero-order chi connectivity index (χ0) is 26.6. The number of fused-ring (bicyclic) bond motifs is 1. The summed E-state index contributed by atoms with van der Waals surface area (Å²) in [6.45, 7) is 2.07. The maximum atomic E-state index is 12.8. The molecule has 3 amide bonds. The van der Waals surface area contributed by atoms with Crippen LogP contribution in [-0.2, 0) is 34.2 Å². The van der Waals surface area contributed by atoms with Gasteiger partial charge in [0.2, 0.25) is 0 Å². The van der Waals surface area contributed by atoms with Crippen molar-refractivity contribution in [3.8, 4) is 0 Å². The number of amides is 3. The van der Waals surface area contributed by atoms with E-state index in [1.165, 1.54) is 23.8 Å². The Morgan fingerprint density at radius 2 is 1.57 bits per heavy atom. The van der Waals surface area contributed by atoms with Gasteiger partial charge in [0.15, 0.2) is 0 Å². The van der Waals surface area contributed by atoms with Gasteiger partial charge in [-0.3, -0.25) is 9.69 Å². The van der Waals surface area contributed by atoms with E-state index in [0.29, 0.717) is 24.0 Å². The average molecular weight is 539 g/mol. The van der Waals surface area contributed by atoms with Crippen molar-refractivity contribution in [2.24, 2.45) is 0 Å². The van der Waals surface area contributed by atoms with Gasteiger partial charge in [0.1, 0.15) is 0 Å². The van der Waals surface area contributed by atoms with Crippen molar-refractivity contribution in [2.75, 3.05) is 26.2 Å². The SMILES string of the molecule is O=C(NC1CCN(Cc2ccccc2)CC1)NS(=O)(=O)c1ccc2c(c1)CCN(C(=O)C(F)(F)F)CC2. The Bertz CT molecular complexity index is 1230. The number of rotatable bonds is 5. The number of carbonyl (C=O) groups is 2. The Balaban J connectivity index is 1.31. The summed E-state index contributed by atoms with van der Waals surface area (Å²) in [6.07, 6.45) is -3.33. The van der Waals surface area contributed by atoms with E-state index < -0.39 is 28.1 Å². The third-order valence-corrected chi connectivity index (χ3v) is 8.05. The standard InChI is InChI=1S/C25H29F3N4O4S/c26-25(27,28)23(33)32-14-8-19-6-7-22(16-20(19)9-15-32)37(35,36)30-24(34)29-21-10-12-31(13-11-21)17-18-4-2-1-3-5-18/h1-7,16,21H,8-15,17H2,(H2,29,30,34). The van der Waals surface area contributed by atoms with Crippen molar-refractivity contribution in [2.45, 2.75) is 49.3 Å². The van der Waals surface area contributed by atoms with Gasteiger partial charge in [-0.05, 0) is 54.5 Å². The Labute approximate surface area is 213 Å². The molecular formula is C25H29F3N4O4S. The molecule has 2 N–H and O–H groups in total. The second-order valence-corrected chi connectivity index (χ2v) is 11.0. The quantitative estimate of drug-likeness (QED) is 0.610. The number of piperidine rings is 1. The number of hydrogen-bond acceptors (Lipinski definition) is 5. The van der Waals surface area contributed by atoms with E-state index in [1.807, 2.05) is 22.9 Å². The van der Waals surface area contributed by atoms with Gasteiger partial charge in [0, 0.05) is 38.8 Å². The molecule has 4 rings (SSSR count). The Morgan fingerprint density at radius 3 is 2.22 bits per heavy atom. The average Bonchev–Trinajstić information content (AvgIpc) is 3.06. The van der Waals surface area contributed by atoms with Crippen molar-refractivity contribution in [1.29, 1.82) is 0 Å². The summed E-state index contributed by atoms with van der Waals surface area (Å²) in [5.74, 6) is -1.91. The molecule has 12 heteroatoms. The molecule has 0 unspecified atom stereocenters. The molecule has 2 aromatic rings. The Hall–Kier alpha value is -3.12. The van der Waals surface area contributed by atoms with E-state index in [0.717, 1.165) is 24.5 Å². The molecule has 200 valence electrons. The van der Waals surface area contributed by atoms with Crippen molar-refractivity contribution < 1.29 is 31.2 Å². The molecule has 2 heterocycles. The van der Waals surface area contributed by atoms with Crippen LogP contribution in [0, 0.1) is 0 Å². The molecule has 0 radical (unpaired) electrons. The molecule has 0 spiro atoms. The Morgan fingerprint density at radius 1 is 0.919 bits per heavy atom. The first kappa shape index (κ1) is 26.9. The van der Waals surface area contributed by atoms with Crippen molar-refractivity contribution in [3.63, 3.8) is 0 Å². The summed E-state index contributed by atoms with van der Waals surface area (Å²) in [5, 5.41) is 2.73. The minimum atomic E-state index is -4.96. The van der Waals surface area contributed by atoms with Crippen molar-refractivity contribution >= 4 is 22.0 Å². The molecule has 0 aromatic heterocycles. The molecule has 0 atom stereocenters. The zero-order valence-corrected chi connectivity index (χ0v) is 20.9. The summed E-state index contributed by atoms with van der Waals surface area (Å²) in [5.41, 5.74) is 2.41. The van der Waals surface area contributed by atoms with E-state index in [2.05, 4.69) is 22.3 Å². The third-order valence-electron chi connectivity index (χ3n) is 6.72. The van der Waals surface area contributed by atoms with Crippen LogP contribution in [0.15, 0.2) is 53.4 Å². The summed E-state index contributed by atoms with van der Waals surface area (Å²) < 4.78 is 66.1. The number of urea groups is 1. The first-order valence-corrected chi connectivity index (χ1v) is 13.6. The van der Waals surface area contributed by atoms with Crippen LogP contribution >= 0.6 is 0 Å². The minimum absolute atomic E-state index is 0.0776. The topological polar surface area (TPSA) is 98.8 Å². The lowest BCUT2D eigenvalue weighted by Crippen LogP contribution is -2.48. The van der Waals surface area contributed by atoms with Gasteiger partial charge in [-0.2, -0.15) is 13.2 Å². The van der Waals surface area contributed by atoms with Crippen LogP contribution in [-0.4, -0.2) is 68.6 Å². The normalized spacial score (nSPS) is 17.5. The maximum Gasteiger partial charge on any atom is 0.471 e. The predicted octanol–water partition coefficient (Wildman–Crippen LogP) is 2.83. The number of carbonyl (C=O) groups excluding carboxylic acids is 2. The maximum absolute atomic E-state index is 12.8. The second-order valence-electron chi connectivity index (χ2n) is 9.34. The van der Waals surface area contributed by atoms with Crippen LogP contribution in [0.25, 0.3) is 0 Å². The van der Waals surface area contributed by atoms with E-state index in [1.54, 1.807) is 0 Å². The van der Waals surface area contributed by atoms with E-state index in [4.69, 9.17) is 0 Å². The highest BCUT2D eigenvalue weighted by molar-refractivity contribution is 7.90. The summed E-state index contributed by atoms with van der Waals surface area (Å²) in [4.78, 5) is 26.9. The van der Waals surface area contributed by atoms with Gasteiger partial charge in [-0.1, -0.05) is 36.4 Å². The highest BCUT2D eigenvalue weighted by Crippen LogP contribution is 2.24. The van der Waals surface area contributed by atoms with Crippen molar-refractivity contribution in [3.05, 3.63) is 65.2 Å². The van der Waals surface area contributed by atoms with Crippen LogP contribution in [0.3, 0.4) is 0 Å². The highest BCUT2D eigenvalue weighted by Gasteiger charge is 2.42. The molecule has 0 bridgehead atoms. The predicted molar refractivity (Wildman–Crippen MR) is 130 cm³/mol. The van der Waals surface area contributed by atoms with Crippen LogP contribution in [0.2, 0.25) is 0 Å². The fourth-order valence-corrected chi connectivity index (χ4v) is 5.69. The van der Waals surface area contributed by atoms with Crippen LogP contribution < -0.4 is 10.0 Å². The molecular weight excluding hydrogens is 509 g/mol.